The van der Waals surface area contributed by atoms with E-state index in [1.165, 1.54) is 0 Å². The van der Waals surface area contributed by atoms with Crippen molar-refractivity contribution in [2.24, 2.45) is 0 Å². The summed E-state index contributed by atoms with van der Waals surface area (Å²) >= 11 is 5.47. The van der Waals surface area contributed by atoms with E-state index in [1.807, 2.05) is 0 Å². The van der Waals surface area contributed by atoms with Gasteiger partial charge in [-0.1, -0.05) is 11.6 Å². The Labute approximate surface area is 94.8 Å². The molecular weight excluding hydrogens is 244 g/mol. The summed E-state index contributed by atoms with van der Waals surface area (Å²) in [5, 5.41) is 8.91. The van der Waals surface area contributed by atoms with Gasteiger partial charge in [0.15, 0.2) is 0 Å². The van der Waals surface area contributed by atoms with Gasteiger partial charge in [-0.2, -0.15) is 0 Å². The van der Waals surface area contributed by atoms with E-state index in [1.54, 1.807) is 0 Å². The van der Waals surface area contributed by atoms with Gasteiger partial charge in [-0.3, -0.25) is 4.79 Å². The van der Waals surface area contributed by atoms with Crippen molar-refractivity contribution in [3.8, 4) is 5.75 Å². The third kappa shape index (κ3) is 2.79. The lowest BCUT2D eigenvalue weighted by Crippen LogP contribution is -2.07. The second-order valence-electron chi connectivity index (χ2n) is 2.89. The van der Waals surface area contributed by atoms with Crippen LogP contribution in [0.5, 0.6) is 5.75 Å². The molecule has 7 heteroatoms. The first kappa shape index (κ1) is 12.6. The fourth-order valence-electron chi connectivity index (χ4n) is 1.02. The molecule has 1 rings (SSSR count). The highest BCUT2D eigenvalue weighted by Gasteiger charge is 2.18. The SMILES string of the molecule is COC(=O)Cc1nc(Cl)c(C(F)F)cc1O. The minimum absolute atomic E-state index is 0.0961. The second-order valence-corrected chi connectivity index (χ2v) is 3.25. The van der Waals surface area contributed by atoms with Gasteiger partial charge in [-0.15, -0.1) is 0 Å². The van der Waals surface area contributed by atoms with Gasteiger partial charge in [-0.25, -0.2) is 13.8 Å². The summed E-state index contributed by atoms with van der Waals surface area (Å²) < 4.78 is 29.0. The largest absolute Gasteiger partial charge is 0.506 e. The summed E-state index contributed by atoms with van der Waals surface area (Å²) in [4.78, 5) is 14.4. The first-order valence-electron chi connectivity index (χ1n) is 4.19. The maximum atomic E-state index is 12.3. The summed E-state index contributed by atoms with van der Waals surface area (Å²) in [6.07, 6.45) is -3.16. The van der Waals surface area contributed by atoms with Crippen molar-refractivity contribution in [2.45, 2.75) is 12.8 Å². The molecule has 0 spiro atoms. The number of methoxy groups -OCH3 is 1. The molecule has 0 bridgehead atoms. The predicted molar refractivity (Wildman–Crippen MR) is 51.6 cm³/mol. The fourth-order valence-corrected chi connectivity index (χ4v) is 1.26. The predicted octanol–water partition coefficient (Wildman–Crippen LogP) is 2.09. The van der Waals surface area contributed by atoms with Crippen LogP contribution in [0.4, 0.5) is 8.78 Å². The summed E-state index contributed by atoms with van der Waals surface area (Å²) in [5.41, 5.74) is -0.672. The summed E-state index contributed by atoms with van der Waals surface area (Å²) in [6, 6.07) is 0.790. The summed E-state index contributed by atoms with van der Waals surface area (Å²) in [7, 11) is 1.16. The molecule has 1 aromatic rings. The van der Waals surface area contributed by atoms with E-state index >= 15 is 0 Å². The average Bonchev–Trinajstić information content (AvgIpc) is 2.22. The zero-order valence-electron chi connectivity index (χ0n) is 8.21. The lowest BCUT2D eigenvalue weighted by Gasteiger charge is -2.07. The van der Waals surface area contributed by atoms with E-state index in [9.17, 15) is 18.7 Å². The van der Waals surface area contributed by atoms with Crippen LogP contribution in [0.25, 0.3) is 0 Å². The fraction of sp³-hybridized carbons (Fsp3) is 0.333. The van der Waals surface area contributed by atoms with Gasteiger partial charge in [0.05, 0.1) is 24.8 Å². The number of nitrogens with zero attached hydrogens (tertiary/aromatic N) is 1. The van der Waals surface area contributed by atoms with Crippen molar-refractivity contribution < 1.29 is 23.4 Å². The van der Waals surface area contributed by atoms with Crippen LogP contribution in [-0.4, -0.2) is 23.2 Å². The Morgan fingerprint density at radius 2 is 2.31 bits per heavy atom. The van der Waals surface area contributed by atoms with Gasteiger partial charge in [0.1, 0.15) is 10.9 Å². The smallest absolute Gasteiger partial charge is 0.311 e. The molecule has 16 heavy (non-hydrogen) atoms. The van der Waals surface area contributed by atoms with Gasteiger partial charge < -0.3 is 9.84 Å². The highest BCUT2D eigenvalue weighted by molar-refractivity contribution is 6.30. The number of rotatable bonds is 3. The molecule has 0 fully saturated rings. The van der Waals surface area contributed by atoms with Crippen molar-refractivity contribution in [2.75, 3.05) is 7.11 Å². The number of hydrogen-bond acceptors (Lipinski definition) is 4. The van der Waals surface area contributed by atoms with Crippen LogP contribution in [0.3, 0.4) is 0 Å². The monoisotopic (exact) mass is 251 g/mol. The molecule has 0 saturated heterocycles. The second kappa shape index (κ2) is 5.07. The third-order valence-electron chi connectivity index (χ3n) is 1.83. The molecule has 0 aliphatic heterocycles. The Bertz CT molecular complexity index is 412. The lowest BCUT2D eigenvalue weighted by atomic mass is 10.2. The van der Waals surface area contributed by atoms with Crippen molar-refractivity contribution >= 4 is 17.6 Å². The average molecular weight is 252 g/mol. The van der Waals surface area contributed by atoms with Crippen LogP contribution in [-0.2, 0) is 16.0 Å². The van der Waals surface area contributed by atoms with Crippen LogP contribution in [0.1, 0.15) is 17.7 Å². The number of aromatic nitrogens is 1. The highest BCUT2D eigenvalue weighted by atomic mass is 35.5. The molecule has 88 valence electrons. The van der Waals surface area contributed by atoms with E-state index in [-0.39, 0.29) is 12.1 Å². The molecule has 0 aromatic carbocycles. The molecule has 4 nitrogen and oxygen atoms in total. The van der Waals surface area contributed by atoms with Gasteiger partial charge in [-0.05, 0) is 6.07 Å². The number of halogens is 3. The minimum Gasteiger partial charge on any atom is -0.506 e. The molecule has 0 amide bonds. The number of pyridine rings is 1. The number of carbonyl (C=O) groups is 1. The summed E-state index contributed by atoms with van der Waals surface area (Å²) in [6.45, 7) is 0. The van der Waals surface area contributed by atoms with Crippen LogP contribution >= 0.6 is 11.6 Å². The van der Waals surface area contributed by atoms with Crippen LogP contribution < -0.4 is 0 Å². The number of esters is 1. The molecule has 0 aliphatic rings. The number of ether oxygens (including phenoxy) is 1. The van der Waals surface area contributed by atoms with E-state index in [2.05, 4.69) is 9.72 Å². The van der Waals surface area contributed by atoms with E-state index < -0.39 is 28.9 Å². The Kier molecular flexibility index (Phi) is 4.00. The third-order valence-corrected chi connectivity index (χ3v) is 2.14. The Hall–Kier alpha value is -1.43. The molecule has 0 unspecified atom stereocenters. The minimum atomic E-state index is -2.84. The van der Waals surface area contributed by atoms with E-state index in [0.717, 1.165) is 13.2 Å². The Morgan fingerprint density at radius 3 is 2.81 bits per heavy atom. The van der Waals surface area contributed by atoms with Crippen LogP contribution in [0.15, 0.2) is 6.07 Å². The highest BCUT2D eigenvalue weighted by Crippen LogP contribution is 2.30. The van der Waals surface area contributed by atoms with Gasteiger partial charge in [0.25, 0.3) is 6.43 Å². The normalized spacial score (nSPS) is 10.6. The molecule has 1 heterocycles. The number of carbonyl (C=O) groups excluding carboxylic acids is 1. The topological polar surface area (TPSA) is 59.4 Å². The van der Waals surface area contributed by atoms with E-state index in [0.29, 0.717) is 0 Å². The van der Waals surface area contributed by atoms with Crippen molar-refractivity contribution in [3.63, 3.8) is 0 Å². The number of hydrogen-bond donors (Lipinski definition) is 1. The van der Waals surface area contributed by atoms with Crippen LogP contribution in [0, 0.1) is 0 Å². The van der Waals surface area contributed by atoms with E-state index in [4.69, 9.17) is 11.6 Å². The molecule has 1 aromatic heterocycles. The maximum Gasteiger partial charge on any atom is 0.311 e. The first-order chi connectivity index (χ1) is 7.45. The number of aromatic hydroxyl groups is 1. The van der Waals surface area contributed by atoms with Gasteiger partial charge in [0, 0.05) is 0 Å². The van der Waals surface area contributed by atoms with Gasteiger partial charge >= 0.3 is 5.97 Å². The van der Waals surface area contributed by atoms with Crippen molar-refractivity contribution in [1.82, 2.24) is 4.98 Å². The zero-order chi connectivity index (χ0) is 12.3. The molecule has 0 radical (unpaired) electrons. The molecule has 0 saturated carbocycles. The van der Waals surface area contributed by atoms with Crippen molar-refractivity contribution in [3.05, 3.63) is 22.5 Å². The molecular formula is C9H8ClF2NO3. The maximum absolute atomic E-state index is 12.3. The Morgan fingerprint density at radius 1 is 1.69 bits per heavy atom. The summed E-state index contributed by atoms with van der Waals surface area (Å²) in [5.74, 6) is -1.16. The molecule has 1 N–H and O–H groups in total. The zero-order valence-corrected chi connectivity index (χ0v) is 8.96. The quantitative estimate of drug-likeness (QED) is 0.660. The Balaban J connectivity index is 3.05. The number of alkyl halides is 2. The lowest BCUT2D eigenvalue weighted by molar-refractivity contribution is -0.139. The van der Waals surface area contributed by atoms with Gasteiger partial charge in [0.2, 0.25) is 0 Å². The molecule has 0 aliphatic carbocycles. The van der Waals surface area contributed by atoms with Crippen LogP contribution in [0.2, 0.25) is 5.15 Å². The standard InChI is InChI=1S/C9H8ClF2NO3/c1-16-7(15)3-5-6(14)2-4(9(11)12)8(10)13-5/h2,9,14H,3H2,1H3. The molecule has 0 atom stereocenters. The first-order valence-corrected chi connectivity index (χ1v) is 4.56. The van der Waals surface area contributed by atoms with Crippen molar-refractivity contribution in [1.29, 1.82) is 0 Å².